The van der Waals surface area contributed by atoms with E-state index < -0.39 is 10.8 Å². The molecule has 2 aromatic heterocycles. The lowest BCUT2D eigenvalue weighted by Crippen LogP contribution is -2.28. The molecule has 4 heteroatoms. The van der Waals surface area contributed by atoms with Crippen LogP contribution in [-0.4, -0.2) is 19.9 Å². The van der Waals surface area contributed by atoms with E-state index in [0.29, 0.717) is 11.6 Å². The van der Waals surface area contributed by atoms with Crippen LogP contribution in [0, 0.1) is 0 Å². The van der Waals surface area contributed by atoms with Crippen molar-refractivity contribution in [2.45, 2.75) is 22.7 Å². The molecule has 5 aliphatic rings. The van der Waals surface area contributed by atoms with Gasteiger partial charge >= 0.3 is 0 Å². The predicted octanol–water partition coefficient (Wildman–Crippen LogP) is 21.0. The summed E-state index contributed by atoms with van der Waals surface area (Å²) in [5, 5.41) is 0. The van der Waals surface area contributed by atoms with Gasteiger partial charge in [-0.05, 0) is 124 Å². The van der Waals surface area contributed by atoms with Crippen LogP contribution in [0.15, 0.2) is 340 Å². The van der Waals surface area contributed by atoms with Gasteiger partial charge in [0.2, 0.25) is 0 Å². The quantitative estimate of drug-likeness (QED) is 0.137. The first-order valence-corrected chi connectivity index (χ1v) is 32.6. The Hall–Kier alpha value is -12.0. The largest absolute Gasteiger partial charge is 0.228 e. The fraction of sp³-hybridized carbons (Fsp3) is 0.0444. The first-order chi connectivity index (χ1) is 46.6. The second kappa shape index (κ2) is 21.3. The van der Waals surface area contributed by atoms with Crippen LogP contribution in [0.1, 0.15) is 89.7 Å². The Kier molecular flexibility index (Phi) is 12.2. The van der Waals surface area contributed by atoms with E-state index in [2.05, 4.69) is 340 Å². The molecule has 0 aliphatic heterocycles. The normalized spacial score (nSPS) is 15.2. The number of rotatable bonds is 10. The first kappa shape index (κ1) is 53.8. The number of hydrogen-bond acceptors (Lipinski definition) is 4. The molecule has 0 amide bonds. The highest BCUT2D eigenvalue weighted by atomic mass is 14.9. The van der Waals surface area contributed by atoms with Crippen LogP contribution in [0.25, 0.3) is 90.1 Å². The molecule has 2 heterocycles. The zero-order valence-electron chi connectivity index (χ0n) is 51.3. The maximum absolute atomic E-state index is 5.54. The molecular weight excluding hydrogens is 1140 g/mol. The van der Waals surface area contributed by atoms with E-state index in [9.17, 15) is 0 Å². The van der Waals surface area contributed by atoms with Crippen LogP contribution < -0.4 is 0 Å². The number of nitrogens with zero attached hydrogens (tertiary/aromatic N) is 4. The third-order valence-corrected chi connectivity index (χ3v) is 20.7. The van der Waals surface area contributed by atoms with E-state index in [-0.39, 0.29) is 11.8 Å². The summed E-state index contributed by atoms with van der Waals surface area (Å²) in [6, 6.07) is 124. The topological polar surface area (TPSA) is 51.6 Å². The van der Waals surface area contributed by atoms with Gasteiger partial charge in [0.1, 0.15) is 0 Å². The summed E-state index contributed by atoms with van der Waals surface area (Å²) in [5.74, 6) is 1.37. The number of aromatic nitrogens is 4. The third kappa shape index (κ3) is 7.93. The van der Waals surface area contributed by atoms with Crippen molar-refractivity contribution in [1.29, 1.82) is 0 Å². The molecule has 0 saturated carbocycles. The standard InChI is InChI=1S/C90H58N4/c1-7-27-57(28-8-1)87-91-79(55-81(93-87)71-43-25-47-77-85(71)69-41-21-23-45-75(69)89(77,61-31-11-3-12-32-61)62-33-13-4-14-34-62)59-49-51-67-73(53-59)83-65-39-19-20-40-66(65)84(67)74-54-60(50-52-68(74)83)80-56-82(94-88(92-80)58-29-9-2-10-30-58)72-44-26-48-78-86(72)70-42-22-24-46-76(70)90(78,63-35-15-5-16-36-63)64-37-17-6-18-38-64/h1-56,83-84H. The fourth-order valence-corrected chi connectivity index (χ4v) is 16.8. The average molecular weight is 1200 g/mol. The summed E-state index contributed by atoms with van der Waals surface area (Å²) in [4.78, 5) is 22.1. The van der Waals surface area contributed by atoms with Gasteiger partial charge in [-0.15, -0.1) is 0 Å². The van der Waals surface area contributed by atoms with E-state index in [4.69, 9.17) is 19.9 Å². The molecule has 4 nitrogen and oxygen atoms in total. The Morgan fingerprint density at radius 2 is 0.500 bits per heavy atom. The van der Waals surface area contributed by atoms with Gasteiger partial charge in [-0.3, -0.25) is 0 Å². The Morgan fingerprint density at radius 3 is 0.883 bits per heavy atom. The highest BCUT2D eigenvalue weighted by molar-refractivity contribution is 5.97. The summed E-state index contributed by atoms with van der Waals surface area (Å²) < 4.78 is 0. The molecule has 0 fully saturated rings. The van der Waals surface area contributed by atoms with Gasteiger partial charge in [-0.25, -0.2) is 19.9 Å². The average Bonchev–Trinajstić information content (AvgIpc) is 1.67. The second-order valence-electron chi connectivity index (χ2n) is 25.3. The summed E-state index contributed by atoms with van der Waals surface area (Å²) in [6.45, 7) is 0. The Balaban J connectivity index is 0.755. The number of hydrogen-bond donors (Lipinski definition) is 0. The third-order valence-electron chi connectivity index (χ3n) is 20.7. The summed E-state index contributed by atoms with van der Waals surface area (Å²) in [6.07, 6.45) is 0. The van der Waals surface area contributed by atoms with Gasteiger partial charge in [0, 0.05) is 45.2 Å². The van der Waals surface area contributed by atoms with Crippen molar-refractivity contribution in [3.63, 3.8) is 0 Å². The Bertz CT molecular complexity index is 5070. The van der Waals surface area contributed by atoms with Crippen LogP contribution >= 0.6 is 0 Å². The molecule has 438 valence electrons. The molecule has 2 unspecified atom stereocenters. The van der Waals surface area contributed by atoms with Crippen molar-refractivity contribution in [3.05, 3.63) is 418 Å². The zero-order chi connectivity index (χ0) is 61.9. The van der Waals surface area contributed by atoms with Crippen molar-refractivity contribution < 1.29 is 0 Å². The fourth-order valence-electron chi connectivity index (χ4n) is 16.8. The van der Waals surface area contributed by atoms with Gasteiger partial charge in [-0.1, -0.05) is 315 Å². The van der Waals surface area contributed by atoms with E-state index in [1.807, 2.05) is 0 Å². The van der Waals surface area contributed by atoms with Gasteiger partial charge < -0.3 is 0 Å². The minimum absolute atomic E-state index is 0.00426. The summed E-state index contributed by atoms with van der Waals surface area (Å²) in [5.41, 5.74) is 31.3. The van der Waals surface area contributed by atoms with Gasteiger partial charge in [-0.2, -0.15) is 0 Å². The van der Waals surface area contributed by atoms with Gasteiger partial charge in [0.25, 0.3) is 0 Å². The number of benzene rings is 13. The van der Waals surface area contributed by atoms with Gasteiger partial charge in [0.05, 0.1) is 33.6 Å². The first-order valence-electron chi connectivity index (χ1n) is 32.6. The number of fused-ring (bicyclic) bond motifs is 6. The minimum Gasteiger partial charge on any atom is -0.228 e. The van der Waals surface area contributed by atoms with Crippen LogP contribution in [0.3, 0.4) is 0 Å². The van der Waals surface area contributed by atoms with E-state index in [0.717, 1.165) is 56.2 Å². The van der Waals surface area contributed by atoms with Crippen molar-refractivity contribution in [2.24, 2.45) is 0 Å². The molecule has 15 aromatic rings. The lowest BCUT2D eigenvalue weighted by atomic mass is 9.60. The smallest absolute Gasteiger partial charge is 0.160 e. The SMILES string of the molecule is c1ccc(-c2nc(-c3ccc4c(c3)C3c5ccccc5C4c4cc(-c5cc(-c6cccc7c6-c6ccccc6C7(c6ccccc6)c6ccccc6)nc(-c6ccccc6)n5)ccc43)cc(-c3cccc4c3-c3ccccc3C4(c3ccccc3)c3ccccc3)n2)cc1. The predicted molar refractivity (Wildman–Crippen MR) is 380 cm³/mol. The summed E-state index contributed by atoms with van der Waals surface area (Å²) >= 11 is 0. The molecule has 5 aliphatic carbocycles. The van der Waals surface area contributed by atoms with Crippen LogP contribution in [-0.2, 0) is 10.8 Å². The molecule has 20 rings (SSSR count). The van der Waals surface area contributed by atoms with Crippen LogP contribution in [0.5, 0.6) is 0 Å². The molecule has 94 heavy (non-hydrogen) atoms. The van der Waals surface area contributed by atoms with Crippen molar-refractivity contribution in [2.75, 3.05) is 0 Å². The van der Waals surface area contributed by atoms with Crippen LogP contribution in [0.2, 0.25) is 0 Å². The highest BCUT2D eigenvalue weighted by Crippen LogP contribution is 2.61. The van der Waals surface area contributed by atoms with Crippen molar-refractivity contribution >= 4 is 0 Å². The van der Waals surface area contributed by atoms with E-state index in [1.54, 1.807) is 0 Å². The van der Waals surface area contributed by atoms with Crippen LogP contribution in [0.4, 0.5) is 0 Å². The molecule has 2 bridgehead atoms. The highest BCUT2D eigenvalue weighted by Gasteiger charge is 2.49. The monoisotopic (exact) mass is 1190 g/mol. The molecule has 0 saturated heterocycles. The van der Waals surface area contributed by atoms with Crippen molar-refractivity contribution in [1.82, 2.24) is 19.9 Å². The maximum Gasteiger partial charge on any atom is 0.160 e. The molecule has 0 spiro atoms. The lowest BCUT2D eigenvalue weighted by molar-refractivity contribution is 0.755. The molecule has 0 radical (unpaired) electrons. The zero-order valence-corrected chi connectivity index (χ0v) is 51.3. The summed E-state index contributed by atoms with van der Waals surface area (Å²) in [7, 11) is 0. The Morgan fingerprint density at radius 1 is 0.202 bits per heavy atom. The molecule has 2 atom stereocenters. The minimum atomic E-state index is -0.549. The second-order valence-corrected chi connectivity index (χ2v) is 25.3. The lowest BCUT2D eigenvalue weighted by Gasteiger charge is -2.42. The van der Waals surface area contributed by atoms with Gasteiger partial charge in [0.15, 0.2) is 11.6 Å². The Labute approximate surface area is 547 Å². The maximum atomic E-state index is 5.54. The van der Waals surface area contributed by atoms with E-state index in [1.165, 1.54) is 100 Å². The van der Waals surface area contributed by atoms with E-state index >= 15 is 0 Å². The molecule has 13 aromatic carbocycles. The van der Waals surface area contributed by atoms with Crippen molar-refractivity contribution in [3.8, 4) is 90.1 Å². The molecular formula is C90H58N4. The molecule has 0 N–H and O–H groups in total.